The van der Waals surface area contributed by atoms with Crippen LogP contribution in [0.1, 0.15) is 32.1 Å². The van der Waals surface area contributed by atoms with Crippen LogP contribution in [0.3, 0.4) is 0 Å². The van der Waals surface area contributed by atoms with Gasteiger partial charge in [0.15, 0.2) is 0 Å². The molecule has 0 saturated heterocycles. The first-order valence-corrected chi connectivity index (χ1v) is 5.12. The first-order valence-electron chi connectivity index (χ1n) is 5.12. The van der Waals surface area contributed by atoms with Crippen LogP contribution in [-0.2, 0) is 4.74 Å². The second-order valence-electron chi connectivity index (χ2n) is 4.28. The summed E-state index contributed by atoms with van der Waals surface area (Å²) in [5.74, 6) is 2.83. The predicted molar refractivity (Wildman–Crippen MR) is 49.7 cm³/mol. The minimum atomic E-state index is 0.843. The Hall–Kier alpha value is -0.460. The van der Waals surface area contributed by atoms with E-state index >= 15 is 0 Å². The molecule has 1 nitrogen and oxygen atoms in total. The summed E-state index contributed by atoms with van der Waals surface area (Å²) in [6.45, 7) is 4.51. The summed E-state index contributed by atoms with van der Waals surface area (Å²) < 4.78 is 5.29. The van der Waals surface area contributed by atoms with E-state index in [0.717, 1.165) is 24.4 Å². The molecule has 0 aliphatic heterocycles. The van der Waals surface area contributed by atoms with E-state index in [1.807, 2.05) is 0 Å². The Labute approximate surface area is 74.8 Å². The van der Waals surface area contributed by atoms with Crippen LogP contribution in [0.5, 0.6) is 0 Å². The van der Waals surface area contributed by atoms with Crippen LogP contribution in [0.25, 0.3) is 0 Å². The fraction of sp³-hybridized carbons (Fsp3) is 0.818. The summed E-state index contributed by atoms with van der Waals surface area (Å²) in [5, 5.41) is 0. The highest BCUT2D eigenvalue weighted by Gasteiger charge is 2.35. The maximum absolute atomic E-state index is 5.29. The predicted octanol–water partition coefficient (Wildman–Crippen LogP) is 2.97. The molecule has 2 bridgehead atoms. The van der Waals surface area contributed by atoms with Crippen molar-refractivity contribution in [3.8, 4) is 0 Å². The van der Waals surface area contributed by atoms with Gasteiger partial charge in [-0.2, -0.15) is 0 Å². The number of ether oxygens (including phenoxy) is 1. The molecular weight excluding hydrogens is 148 g/mol. The van der Waals surface area contributed by atoms with Crippen molar-refractivity contribution in [1.29, 1.82) is 0 Å². The summed E-state index contributed by atoms with van der Waals surface area (Å²) in [6.07, 6.45) is 8.87. The van der Waals surface area contributed by atoms with Gasteiger partial charge in [-0.15, -0.1) is 0 Å². The minimum absolute atomic E-state index is 0.843. The molecule has 12 heavy (non-hydrogen) atoms. The molecule has 3 rings (SSSR count). The van der Waals surface area contributed by atoms with Crippen molar-refractivity contribution >= 4 is 0 Å². The molecule has 0 spiro atoms. The van der Waals surface area contributed by atoms with Crippen molar-refractivity contribution in [2.24, 2.45) is 17.8 Å². The van der Waals surface area contributed by atoms with Gasteiger partial charge in [0.05, 0.1) is 12.9 Å². The lowest BCUT2D eigenvalue weighted by atomic mass is 9.65. The van der Waals surface area contributed by atoms with Gasteiger partial charge in [-0.05, 0) is 37.0 Å². The molecule has 3 fully saturated rings. The van der Waals surface area contributed by atoms with Crippen LogP contribution in [0.2, 0.25) is 0 Å². The molecule has 0 N–H and O–H groups in total. The van der Waals surface area contributed by atoms with Crippen molar-refractivity contribution in [2.75, 3.05) is 6.61 Å². The molecule has 0 heterocycles. The first kappa shape index (κ1) is 8.15. The van der Waals surface area contributed by atoms with Gasteiger partial charge in [-0.1, -0.05) is 19.4 Å². The highest BCUT2D eigenvalue weighted by molar-refractivity contribution is 4.86. The van der Waals surface area contributed by atoms with E-state index in [1.165, 1.54) is 32.1 Å². The molecule has 1 unspecified atom stereocenters. The van der Waals surface area contributed by atoms with Crippen molar-refractivity contribution in [2.45, 2.75) is 32.1 Å². The maximum atomic E-state index is 5.29. The van der Waals surface area contributed by atoms with Gasteiger partial charge in [0.2, 0.25) is 0 Å². The fourth-order valence-corrected chi connectivity index (χ4v) is 2.91. The van der Waals surface area contributed by atoms with Crippen LogP contribution in [0.4, 0.5) is 0 Å². The van der Waals surface area contributed by atoms with Gasteiger partial charge in [0, 0.05) is 0 Å². The van der Waals surface area contributed by atoms with E-state index in [9.17, 15) is 0 Å². The van der Waals surface area contributed by atoms with Crippen LogP contribution in [-0.4, -0.2) is 6.61 Å². The third-order valence-electron chi connectivity index (χ3n) is 3.62. The molecule has 3 saturated carbocycles. The van der Waals surface area contributed by atoms with E-state index in [-0.39, 0.29) is 0 Å². The summed E-state index contributed by atoms with van der Waals surface area (Å²) in [4.78, 5) is 0. The van der Waals surface area contributed by atoms with E-state index in [2.05, 4.69) is 6.58 Å². The first-order chi connectivity index (χ1) is 5.90. The van der Waals surface area contributed by atoms with Crippen molar-refractivity contribution in [3.05, 3.63) is 12.8 Å². The Balaban J connectivity index is 1.86. The van der Waals surface area contributed by atoms with Crippen molar-refractivity contribution in [3.63, 3.8) is 0 Å². The molecule has 3 aliphatic rings. The molecule has 0 aromatic carbocycles. The third-order valence-corrected chi connectivity index (χ3v) is 3.62. The standard InChI is InChI=1S/C11H18O/c1-2-12-8-11-7-9-3-5-10(11)6-4-9/h2,9-11H,1,3-8H2. The van der Waals surface area contributed by atoms with E-state index < -0.39 is 0 Å². The summed E-state index contributed by atoms with van der Waals surface area (Å²) in [7, 11) is 0. The quantitative estimate of drug-likeness (QED) is 0.586. The second-order valence-corrected chi connectivity index (χ2v) is 4.28. The highest BCUT2D eigenvalue weighted by Crippen LogP contribution is 2.44. The van der Waals surface area contributed by atoms with Gasteiger partial charge >= 0.3 is 0 Å². The van der Waals surface area contributed by atoms with E-state index in [1.54, 1.807) is 6.26 Å². The molecule has 1 atom stereocenters. The number of hydrogen-bond acceptors (Lipinski definition) is 1. The Morgan fingerprint density at radius 2 is 2.00 bits per heavy atom. The SMILES string of the molecule is C=COCC1CC2CCC1CC2. The average molecular weight is 166 g/mol. The lowest BCUT2D eigenvalue weighted by Crippen LogP contribution is -2.33. The van der Waals surface area contributed by atoms with Crippen LogP contribution in [0.15, 0.2) is 12.8 Å². The van der Waals surface area contributed by atoms with Crippen molar-refractivity contribution < 1.29 is 4.74 Å². The Morgan fingerprint density at radius 3 is 2.50 bits per heavy atom. The van der Waals surface area contributed by atoms with Gasteiger partial charge in [0.1, 0.15) is 0 Å². The monoisotopic (exact) mass is 166 g/mol. The smallest absolute Gasteiger partial charge is 0.0903 e. The molecular formula is C11H18O. The Morgan fingerprint density at radius 1 is 1.25 bits per heavy atom. The molecule has 1 heteroatoms. The topological polar surface area (TPSA) is 9.23 Å². The summed E-state index contributed by atoms with van der Waals surface area (Å²) in [6, 6.07) is 0. The lowest BCUT2D eigenvalue weighted by molar-refractivity contribution is 0.0474. The van der Waals surface area contributed by atoms with Gasteiger partial charge in [-0.3, -0.25) is 0 Å². The second kappa shape index (κ2) is 3.51. The molecule has 0 aromatic heterocycles. The van der Waals surface area contributed by atoms with Crippen molar-refractivity contribution in [1.82, 2.24) is 0 Å². The minimum Gasteiger partial charge on any atom is -0.502 e. The Bertz CT molecular complexity index is 156. The van der Waals surface area contributed by atoms with Crippen LogP contribution < -0.4 is 0 Å². The van der Waals surface area contributed by atoms with Crippen LogP contribution >= 0.6 is 0 Å². The fourth-order valence-electron chi connectivity index (χ4n) is 2.91. The third kappa shape index (κ3) is 1.50. The molecule has 0 amide bonds. The number of hydrogen-bond donors (Lipinski definition) is 0. The zero-order valence-electron chi connectivity index (χ0n) is 7.67. The molecule has 0 aromatic rings. The summed E-state index contributed by atoms with van der Waals surface area (Å²) >= 11 is 0. The van der Waals surface area contributed by atoms with Crippen LogP contribution in [0, 0.1) is 17.8 Å². The van der Waals surface area contributed by atoms with Gasteiger partial charge in [-0.25, -0.2) is 0 Å². The highest BCUT2D eigenvalue weighted by atomic mass is 16.5. The van der Waals surface area contributed by atoms with E-state index in [4.69, 9.17) is 4.74 Å². The molecule has 3 aliphatic carbocycles. The summed E-state index contributed by atoms with van der Waals surface area (Å²) in [5.41, 5.74) is 0. The largest absolute Gasteiger partial charge is 0.502 e. The lowest BCUT2D eigenvalue weighted by Gasteiger charge is -2.41. The average Bonchev–Trinajstić information content (AvgIpc) is 2.17. The van der Waals surface area contributed by atoms with E-state index in [0.29, 0.717) is 0 Å². The zero-order chi connectivity index (χ0) is 8.39. The molecule has 0 radical (unpaired) electrons. The number of fused-ring (bicyclic) bond motifs is 3. The number of rotatable bonds is 3. The van der Waals surface area contributed by atoms with Gasteiger partial charge < -0.3 is 4.74 Å². The normalized spacial score (nSPS) is 39.5. The Kier molecular flexibility index (Phi) is 2.38. The zero-order valence-corrected chi connectivity index (χ0v) is 7.67. The maximum Gasteiger partial charge on any atom is 0.0903 e. The van der Waals surface area contributed by atoms with Gasteiger partial charge in [0.25, 0.3) is 0 Å². The molecule has 68 valence electrons.